The lowest BCUT2D eigenvalue weighted by atomic mass is 10.1. The molecule has 1 N–H and O–H groups in total. The van der Waals surface area contributed by atoms with E-state index in [1.807, 2.05) is 6.92 Å². The summed E-state index contributed by atoms with van der Waals surface area (Å²) in [6, 6.07) is 4.36. The Morgan fingerprint density at radius 3 is 2.90 bits per heavy atom. The SMILES string of the molecule is COc1ccc(C(=O)N2CCNC[C@@H]2C)cc1[N+](=O)[O-]. The number of piperazine rings is 1. The quantitative estimate of drug-likeness (QED) is 0.660. The van der Waals surface area contributed by atoms with E-state index < -0.39 is 4.92 Å². The predicted molar refractivity (Wildman–Crippen MR) is 73.0 cm³/mol. The van der Waals surface area contributed by atoms with Crippen LogP contribution in [0.3, 0.4) is 0 Å². The number of nitrogens with one attached hydrogen (secondary N) is 1. The zero-order chi connectivity index (χ0) is 14.7. The fourth-order valence-electron chi connectivity index (χ4n) is 2.27. The molecule has 0 bridgehead atoms. The number of hydrogen-bond donors (Lipinski definition) is 1. The molecule has 1 atom stereocenters. The average molecular weight is 279 g/mol. The number of benzene rings is 1. The maximum Gasteiger partial charge on any atom is 0.311 e. The van der Waals surface area contributed by atoms with E-state index in [1.54, 1.807) is 11.0 Å². The van der Waals surface area contributed by atoms with Crippen molar-refractivity contribution in [1.82, 2.24) is 10.2 Å². The molecule has 20 heavy (non-hydrogen) atoms. The Labute approximate surface area is 116 Å². The lowest BCUT2D eigenvalue weighted by Gasteiger charge is -2.34. The van der Waals surface area contributed by atoms with Gasteiger partial charge in [0, 0.05) is 37.3 Å². The van der Waals surface area contributed by atoms with Crippen LogP contribution in [0.4, 0.5) is 5.69 Å². The third-order valence-corrected chi connectivity index (χ3v) is 3.38. The van der Waals surface area contributed by atoms with Gasteiger partial charge in [0.2, 0.25) is 0 Å². The normalized spacial score (nSPS) is 18.7. The van der Waals surface area contributed by atoms with E-state index in [4.69, 9.17) is 4.74 Å². The molecule has 1 fully saturated rings. The van der Waals surface area contributed by atoms with Gasteiger partial charge < -0.3 is 15.0 Å². The van der Waals surface area contributed by atoms with E-state index in [2.05, 4.69) is 5.32 Å². The van der Waals surface area contributed by atoms with Crippen molar-refractivity contribution in [2.75, 3.05) is 26.7 Å². The second kappa shape index (κ2) is 5.87. The minimum absolute atomic E-state index is 0.0670. The number of nitro benzene ring substituents is 1. The molecule has 7 nitrogen and oxygen atoms in total. The fraction of sp³-hybridized carbons (Fsp3) is 0.462. The van der Waals surface area contributed by atoms with E-state index in [-0.39, 0.29) is 23.4 Å². The molecule has 108 valence electrons. The smallest absolute Gasteiger partial charge is 0.311 e. The van der Waals surface area contributed by atoms with E-state index in [0.29, 0.717) is 12.1 Å². The summed E-state index contributed by atoms with van der Waals surface area (Å²) >= 11 is 0. The molecule has 1 aliphatic rings. The second-order valence-electron chi connectivity index (χ2n) is 4.70. The van der Waals surface area contributed by atoms with Crippen molar-refractivity contribution in [2.24, 2.45) is 0 Å². The summed E-state index contributed by atoms with van der Waals surface area (Å²) in [5.74, 6) is -0.0373. The summed E-state index contributed by atoms with van der Waals surface area (Å²) in [7, 11) is 1.36. The molecule has 0 aliphatic carbocycles. The van der Waals surface area contributed by atoms with Gasteiger partial charge in [0.15, 0.2) is 5.75 Å². The van der Waals surface area contributed by atoms with Crippen molar-refractivity contribution in [3.63, 3.8) is 0 Å². The predicted octanol–water partition coefficient (Wildman–Crippen LogP) is 1.04. The number of carbonyl (C=O) groups excluding carboxylic acids is 1. The summed E-state index contributed by atoms with van der Waals surface area (Å²) in [6.45, 7) is 4.00. The second-order valence-corrected chi connectivity index (χ2v) is 4.70. The van der Waals surface area contributed by atoms with Gasteiger partial charge in [-0.1, -0.05) is 0 Å². The van der Waals surface area contributed by atoms with Gasteiger partial charge >= 0.3 is 5.69 Å². The van der Waals surface area contributed by atoms with E-state index in [0.717, 1.165) is 13.1 Å². The molecule has 0 spiro atoms. The van der Waals surface area contributed by atoms with Crippen LogP contribution in [0.5, 0.6) is 5.75 Å². The number of nitrogens with zero attached hydrogens (tertiary/aromatic N) is 2. The molecule has 2 rings (SSSR count). The first kappa shape index (κ1) is 14.3. The van der Waals surface area contributed by atoms with E-state index in [1.165, 1.54) is 19.2 Å². The van der Waals surface area contributed by atoms with Crippen LogP contribution in [0, 0.1) is 10.1 Å². The van der Waals surface area contributed by atoms with Crippen LogP contribution in [-0.2, 0) is 0 Å². The summed E-state index contributed by atoms with van der Waals surface area (Å²) in [5, 5.41) is 14.2. The topological polar surface area (TPSA) is 84.7 Å². The third-order valence-electron chi connectivity index (χ3n) is 3.38. The highest BCUT2D eigenvalue weighted by atomic mass is 16.6. The zero-order valence-electron chi connectivity index (χ0n) is 11.5. The van der Waals surface area contributed by atoms with Crippen LogP contribution in [0.15, 0.2) is 18.2 Å². The van der Waals surface area contributed by atoms with Gasteiger partial charge in [-0.3, -0.25) is 14.9 Å². The Morgan fingerprint density at radius 1 is 1.55 bits per heavy atom. The molecule has 0 radical (unpaired) electrons. The molecule has 7 heteroatoms. The Bertz CT molecular complexity index is 532. The largest absolute Gasteiger partial charge is 0.490 e. The van der Waals surface area contributed by atoms with Crippen molar-refractivity contribution >= 4 is 11.6 Å². The van der Waals surface area contributed by atoms with Crippen molar-refractivity contribution in [3.8, 4) is 5.75 Å². The lowest BCUT2D eigenvalue weighted by Crippen LogP contribution is -2.52. The third kappa shape index (κ3) is 2.72. The molecule has 0 unspecified atom stereocenters. The number of carbonyl (C=O) groups is 1. The van der Waals surface area contributed by atoms with Crippen LogP contribution < -0.4 is 10.1 Å². The highest BCUT2D eigenvalue weighted by Gasteiger charge is 2.26. The first-order valence-corrected chi connectivity index (χ1v) is 6.38. The maximum absolute atomic E-state index is 12.4. The van der Waals surface area contributed by atoms with Crippen LogP contribution in [0.25, 0.3) is 0 Å². The summed E-state index contributed by atoms with van der Waals surface area (Å²) in [5.41, 5.74) is 0.118. The van der Waals surface area contributed by atoms with Crippen LogP contribution in [-0.4, -0.2) is 48.5 Å². The van der Waals surface area contributed by atoms with Crippen molar-refractivity contribution in [3.05, 3.63) is 33.9 Å². The monoisotopic (exact) mass is 279 g/mol. The van der Waals surface area contributed by atoms with Gasteiger partial charge in [-0.2, -0.15) is 0 Å². The number of nitro groups is 1. The zero-order valence-corrected chi connectivity index (χ0v) is 11.5. The Balaban J connectivity index is 2.30. The average Bonchev–Trinajstić information content (AvgIpc) is 2.46. The van der Waals surface area contributed by atoms with Gasteiger partial charge in [-0.25, -0.2) is 0 Å². The molecule has 1 saturated heterocycles. The number of methoxy groups -OCH3 is 1. The highest BCUT2D eigenvalue weighted by Crippen LogP contribution is 2.28. The molecular weight excluding hydrogens is 262 g/mol. The summed E-state index contributed by atoms with van der Waals surface area (Å²) < 4.78 is 4.93. The van der Waals surface area contributed by atoms with Gasteiger partial charge in [-0.15, -0.1) is 0 Å². The molecule has 1 heterocycles. The van der Waals surface area contributed by atoms with Gasteiger partial charge in [0.25, 0.3) is 5.91 Å². The van der Waals surface area contributed by atoms with E-state index in [9.17, 15) is 14.9 Å². The van der Waals surface area contributed by atoms with E-state index >= 15 is 0 Å². The molecule has 1 aromatic carbocycles. The molecular formula is C13H17N3O4. The first-order chi connectivity index (χ1) is 9.54. The highest BCUT2D eigenvalue weighted by molar-refractivity contribution is 5.95. The minimum atomic E-state index is -0.545. The molecule has 0 aromatic heterocycles. The number of hydrogen-bond acceptors (Lipinski definition) is 5. The van der Waals surface area contributed by atoms with Crippen LogP contribution in [0.1, 0.15) is 17.3 Å². The number of amides is 1. The first-order valence-electron chi connectivity index (χ1n) is 6.38. The summed E-state index contributed by atoms with van der Waals surface area (Å²) in [4.78, 5) is 24.6. The maximum atomic E-state index is 12.4. The van der Waals surface area contributed by atoms with Gasteiger partial charge in [0.1, 0.15) is 0 Å². The summed E-state index contributed by atoms with van der Waals surface area (Å²) in [6.07, 6.45) is 0. The lowest BCUT2D eigenvalue weighted by molar-refractivity contribution is -0.385. The Morgan fingerprint density at radius 2 is 2.30 bits per heavy atom. The van der Waals surface area contributed by atoms with Crippen molar-refractivity contribution < 1.29 is 14.5 Å². The Hall–Kier alpha value is -2.15. The standard InChI is InChI=1S/C13H17N3O4/c1-9-8-14-5-6-15(9)13(17)10-3-4-12(20-2)11(7-10)16(18)19/h3-4,7,9,14H,5-6,8H2,1-2H3/t9-/m0/s1. The van der Waals surface area contributed by atoms with Crippen LogP contribution >= 0.6 is 0 Å². The van der Waals surface area contributed by atoms with Gasteiger partial charge in [-0.05, 0) is 19.1 Å². The fourth-order valence-corrected chi connectivity index (χ4v) is 2.27. The van der Waals surface area contributed by atoms with Gasteiger partial charge in [0.05, 0.1) is 12.0 Å². The van der Waals surface area contributed by atoms with Crippen molar-refractivity contribution in [2.45, 2.75) is 13.0 Å². The molecule has 1 aliphatic heterocycles. The molecule has 0 saturated carbocycles. The Kier molecular flexibility index (Phi) is 4.19. The molecule has 1 aromatic rings. The number of rotatable bonds is 3. The van der Waals surface area contributed by atoms with Crippen molar-refractivity contribution in [1.29, 1.82) is 0 Å². The minimum Gasteiger partial charge on any atom is -0.490 e. The number of ether oxygens (including phenoxy) is 1. The van der Waals surface area contributed by atoms with Crippen LogP contribution in [0.2, 0.25) is 0 Å². The molecule has 1 amide bonds.